The van der Waals surface area contributed by atoms with Gasteiger partial charge in [0, 0.05) is 16.3 Å². The van der Waals surface area contributed by atoms with E-state index in [9.17, 15) is 4.79 Å². The molecule has 0 spiro atoms. The van der Waals surface area contributed by atoms with Crippen LogP contribution in [0.3, 0.4) is 0 Å². The third-order valence-electron chi connectivity index (χ3n) is 4.45. The van der Waals surface area contributed by atoms with Crippen LogP contribution in [0.5, 0.6) is 0 Å². The summed E-state index contributed by atoms with van der Waals surface area (Å²) in [6, 6.07) is 11.8. The summed E-state index contributed by atoms with van der Waals surface area (Å²) in [7, 11) is 2.04. The minimum atomic E-state index is -0.152. The fourth-order valence-corrected chi connectivity index (χ4v) is 3.04. The number of aryl methyl sites for hydroxylation is 3. The molecule has 2 aromatic carbocycles. The largest absolute Gasteiger partial charge is 0.324 e. The van der Waals surface area contributed by atoms with Crippen molar-refractivity contribution in [3.05, 3.63) is 63.7 Å². The van der Waals surface area contributed by atoms with Crippen LogP contribution in [0.1, 0.15) is 29.2 Å². The number of benzene rings is 2. The Morgan fingerprint density at radius 3 is 2.21 bits per heavy atom. The van der Waals surface area contributed by atoms with Gasteiger partial charge in [0.2, 0.25) is 0 Å². The zero-order valence-corrected chi connectivity index (χ0v) is 15.8. The van der Waals surface area contributed by atoms with Gasteiger partial charge in [0.15, 0.2) is 6.04 Å². The lowest BCUT2D eigenvalue weighted by molar-refractivity contribution is -0.907. The van der Waals surface area contributed by atoms with Crippen LogP contribution in [-0.2, 0) is 11.3 Å². The number of halogens is 1. The topological polar surface area (TPSA) is 33.5 Å². The van der Waals surface area contributed by atoms with Crippen molar-refractivity contribution < 1.29 is 9.69 Å². The van der Waals surface area contributed by atoms with E-state index >= 15 is 0 Å². The molecular weight excluding hydrogens is 320 g/mol. The van der Waals surface area contributed by atoms with Crippen molar-refractivity contribution in [1.29, 1.82) is 0 Å². The van der Waals surface area contributed by atoms with E-state index in [0.717, 1.165) is 33.3 Å². The van der Waals surface area contributed by atoms with Crippen LogP contribution in [-0.4, -0.2) is 19.0 Å². The standard InChI is InChI=1S/C20H25ClN2O/c1-13-10-14(2)19(15(3)11-13)22-20(24)16(4)23(5)12-17-6-8-18(21)9-7-17/h6-11,16H,12H2,1-5H3,(H,22,24)/p+1/t16-/m0/s1. The van der Waals surface area contributed by atoms with E-state index in [1.165, 1.54) is 11.1 Å². The smallest absolute Gasteiger partial charge is 0.282 e. The van der Waals surface area contributed by atoms with Gasteiger partial charge in [0.1, 0.15) is 6.54 Å². The number of likely N-dealkylation sites (N-methyl/N-ethyl adjacent to an activating group) is 1. The Balaban J connectivity index is 2.05. The van der Waals surface area contributed by atoms with Gasteiger partial charge < -0.3 is 10.2 Å². The van der Waals surface area contributed by atoms with E-state index in [2.05, 4.69) is 24.4 Å². The second-order valence-corrected chi connectivity index (χ2v) is 7.07. The van der Waals surface area contributed by atoms with Crippen molar-refractivity contribution in [2.45, 2.75) is 40.3 Å². The minimum Gasteiger partial charge on any atom is -0.324 e. The third kappa shape index (κ3) is 4.59. The molecule has 0 aliphatic carbocycles. The summed E-state index contributed by atoms with van der Waals surface area (Å²) in [5, 5.41) is 3.83. The van der Waals surface area contributed by atoms with Crippen LogP contribution in [0.2, 0.25) is 5.02 Å². The van der Waals surface area contributed by atoms with Crippen LogP contribution in [0.4, 0.5) is 5.69 Å². The zero-order chi connectivity index (χ0) is 17.9. The summed E-state index contributed by atoms with van der Waals surface area (Å²) in [5.74, 6) is 0.0384. The third-order valence-corrected chi connectivity index (χ3v) is 4.71. The molecule has 0 saturated carbocycles. The SMILES string of the molecule is Cc1cc(C)c(NC(=O)[C@H](C)[NH+](C)Cc2ccc(Cl)cc2)c(C)c1. The maximum atomic E-state index is 12.6. The van der Waals surface area contributed by atoms with Gasteiger partial charge in [-0.05, 0) is 51.0 Å². The number of carbonyl (C=O) groups is 1. The monoisotopic (exact) mass is 345 g/mol. The molecule has 128 valence electrons. The molecule has 24 heavy (non-hydrogen) atoms. The number of hydrogen-bond acceptors (Lipinski definition) is 1. The molecule has 2 atom stereocenters. The zero-order valence-electron chi connectivity index (χ0n) is 15.0. The molecule has 0 radical (unpaired) electrons. The van der Waals surface area contributed by atoms with E-state index in [-0.39, 0.29) is 11.9 Å². The highest BCUT2D eigenvalue weighted by atomic mass is 35.5. The van der Waals surface area contributed by atoms with Crippen LogP contribution in [0.25, 0.3) is 0 Å². The average Bonchev–Trinajstić information content (AvgIpc) is 2.52. The van der Waals surface area contributed by atoms with E-state index in [1.54, 1.807) is 0 Å². The van der Waals surface area contributed by atoms with Gasteiger partial charge in [-0.25, -0.2) is 0 Å². The van der Waals surface area contributed by atoms with Gasteiger partial charge in [0.05, 0.1) is 7.05 Å². The predicted octanol–water partition coefficient (Wildman–Crippen LogP) is 3.31. The van der Waals surface area contributed by atoms with E-state index in [4.69, 9.17) is 11.6 Å². The first kappa shape index (κ1) is 18.5. The molecule has 0 heterocycles. The van der Waals surface area contributed by atoms with Gasteiger partial charge in [-0.15, -0.1) is 0 Å². The van der Waals surface area contributed by atoms with Crippen molar-refractivity contribution >= 4 is 23.2 Å². The van der Waals surface area contributed by atoms with E-state index in [1.807, 2.05) is 52.1 Å². The maximum Gasteiger partial charge on any atom is 0.282 e. The fourth-order valence-electron chi connectivity index (χ4n) is 2.91. The molecular formula is C20H26ClN2O+. The fraction of sp³-hybridized carbons (Fsp3) is 0.350. The first-order valence-electron chi connectivity index (χ1n) is 8.23. The molecule has 0 aromatic heterocycles. The quantitative estimate of drug-likeness (QED) is 0.856. The minimum absolute atomic E-state index is 0.0384. The number of amides is 1. The molecule has 0 saturated heterocycles. The number of carbonyl (C=O) groups excluding carboxylic acids is 1. The van der Waals surface area contributed by atoms with Crippen molar-refractivity contribution in [3.8, 4) is 0 Å². The van der Waals surface area contributed by atoms with Crippen LogP contribution in [0.15, 0.2) is 36.4 Å². The molecule has 4 heteroatoms. The van der Waals surface area contributed by atoms with E-state index in [0.29, 0.717) is 0 Å². The van der Waals surface area contributed by atoms with Gasteiger partial charge in [0.25, 0.3) is 5.91 Å². The second kappa shape index (κ2) is 7.82. The van der Waals surface area contributed by atoms with Gasteiger partial charge in [-0.2, -0.15) is 0 Å². The van der Waals surface area contributed by atoms with Crippen LogP contribution < -0.4 is 10.2 Å². The first-order chi connectivity index (χ1) is 11.3. The number of nitrogens with one attached hydrogen (secondary N) is 2. The highest BCUT2D eigenvalue weighted by Crippen LogP contribution is 2.21. The highest BCUT2D eigenvalue weighted by molar-refractivity contribution is 6.30. The van der Waals surface area contributed by atoms with Gasteiger partial charge >= 0.3 is 0 Å². The van der Waals surface area contributed by atoms with Crippen LogP contribution in [0, 0.1) is 20.8 Å². The predicted molar refractivity (Wildman–Crippen MR) is 101 cm³/mol. The Morgan fingerprint density at radius 1 is 1.12 bits per heavy atom. The molecule has 1 unspecified atom stereocenters. The lowest BCUT2D eigenvalue weighted by Gasteiger charge is -2.22. The number of anilines is 1. The Kier molecular flexibility index (Phi) is 6.03. The van der Waals surface area contributed by atoms with Gasteiger partial charge in [-0.3, -0.25) is 4.79 Å². The Labute approximate surface area is 149 Å². The summed E-state index contributed by atoms with van der Waals surface area (Å²) in [6.07, 6.45) is 0. The lowest BCUT2D eigenvalue weighted by atomic mass is 10.0. The van der Waals surface area contributed by atoms with Crippen molar-refractivity contribution in [1.82, 2.24) is 0 Å². The van der Waals surface area contributed by atoms with Gasteiger partial charge in [-0.1, -0.05) is 41.4 Å². The van der Waals surface area contributed by atoms with Crippen molar-refractivity contribution in [2.24, 2.45) is 0 Å². The summed E-state index contributed by atoms with van der Waals surface area (Å²) in [4.78, 5) is 13.8. The number of rotatable bonds is 5. The van der Waals surface area contributed by atoms with Crippen molar-refractivity contribution in [2.75, 3.05) is 12.4 Å². The van der Waals surface area contributed by atoms with Crippen molar-refractivity contribution in [3.63, 3.8) is 0 Å². The molecule has 0 fully saturated rings. The Hall–Kier alpha value is -1.84. The second-order valence-electron chi connectivity index (χ2n) is 6.63. The highest BCUT2D eigenvalue weighted by Gasteiger charge is 2.23. The lowest BCUT2D eigenvalue weighted by Crippen LogP contribution is -3.12. The molecule has 0 bridgehead atoms. The molecule has 1 amide bonds. The normalized spacial score (nSPS) is 13.4. The Morgan fingerprint density at radius 2 is 1.67 bits per heavy atom. The maximum absolute atomic E-state index is 12.6. The molecule has 0 aliphatic heterocycles. The molecule has 0 aliphatic rings. The molecule has 2 rings (SSSR count). The summed E-state index contributed by atoms with van der Waals surface area (Å²) < 4.78 is 0. The number of quaternary nitrogens is 1. The molecule has 2 N–H and O–H groups in total. The average molecular weight is 346 g/mol. The first-order valence-corrected chi connectivity index (χ1v) is 8.61. The molecule has 2 aromatic rings. The number of hydrogen-bond donors (Lipinski definition) is 2. The van der Waals surface area contributed by atoms with Crippen LogP contribution >= 0.6 is 11.6 Å². The van der Waals surface area contributed by atoms with E-state index < -0.39 is 0 Å². The summed E-state index contributed by atoms with van der Waals surface area (Å²) >= 11 is 5.92. The summed E-state index contributed by atoms with van der Waals surface area (Å²) in [6.45, 7) is 8.87. The Bertz CT molecular complexity index is 702. The molecule has 3 nitrogen and oxygen atoms in total. The summed E-state index contributed by atoms with van der Waals surface area (Å²) in [5.41, 5.74) is 5.50.